The highest BCUT2D eigenvalue weighted by Crippen LogP contribution is 2.16. The molecule has 0 aliphatic rings. The molecule has 2 aromatic carbocycles. The van der Waals surface area contributed by atoms with Crippen molar-refractivity contribution in [2.45, 2.75) is 25.7 Å². The molecule has 0 heterocycles. The van der Waals surface area contributed by atoms with Crippen LogP contribution in [0.2, 0.25) is 0 Å². The van der Waals surface area contributed by atoms with Crippen LogP contribution in [-0.2, 0) is 33.1 Å². The quantitative estimate of drug-likeness (QED) is 0.477. The van der Waals surface area contributed by atoms with Crippen molar-refractivity contribution in [3.63, 3.8) is 0 Å². The van der Waals surface area contributed by atoms with Crippen LogP contribution < -0.4 is 0 Å². The maximum atomic E-state index is 11.0. The topological polar surface area (TPSA) is 109 Å². The van der Waals surface area contributed by atoms with Gasteiger partial charge < -0.3 is 0 Å². The third-order valence-electron chi connectivity index (χ3n) is 4.28. The summed E-state index contributed by atoms with van der Waals surface area (Å²) in [4.78, 5) is 0. The molecule has 6 nitrogen and oxygen atoms in total. The van der Waals surface area contributed by atoms with Crippen LogP contribution in [0.1, 0.15) is 40.7 Å². The monoisotopic (exact) mass is 446 g/mol. The molecule has 2 rings (SSSR count). The molecule has 0 saturated carbocycles. The molecule has 0 fully saturated rings. The Labute approximate surface area is 177 Å². The second-order valence-corrected chi connectivity index (χ2v) is 9.89. The van der Waals surface area contributed by atoms with E-state index in [1.807, 2.05) is 18.2 Å². The largest absolute Gasteiger partial charge is 0.286 e. The van der Waals surface area contributed by atoms with Crippen LogP contribution in [0, 0.1) is 24.2 Å². The number of hydrogen-bond donors (Lipinski definition) is 2. The molecule has 0 amide bonds. The zero-order chi connectivity index (χ0) is 22.2. The molecule has 0 atom stereocenters. The summed E-state index contributed by atoms with van der Waals surface area (Å²) in [6.45, 7) is 0. The SMILES string of the molecule is C#Cc1ccc(C#Cc2cc(CCCS(=O)(=O)O)ccc2CCCS(=O)(=O)O)cc1. The van der Waals surface area contributed by atoms with Gasteiger partial charge in [0.1, 0.15) is 0 Å². The third-order valence-corrected chi connectivity index (χ3v) is 5.89. The van der Waals surface area contributed by atoms with E-state index in [-0.39, 0.29) is 24.3 Å². The van der Waals surface area contributed by atoms with Crippen molar-refractivity contribution in [1.29, 1.82) is 0 Å². The summed E-state index contributed by atoms with van der Waals surface area (Å²) >= 11 is 0. The average molecular weight is 447 g/mol. The molecule has 0 bridgehead atoms. The first-order valence-electron chi connectivity index (χ1n) is 9.16. The van der Waals surface area contributed by atoms with Gasteiger partial charge in [0.15, 0.2) is 0 Å². The predicted molar refractivity (Wildman–Crippen MR) is 116 cm³/mol. The standard InChI is InChI=1S/C22H22O6S2/c1-2-18-7-9-19(10-8-18)11-14-22-17-20(5-3-15-29(23,24)25)12-13-21(22)6-4-16-30(26,27)28/h1,7-10,12-13,17H,3-6,15-16H2,(H,23,24,25)(H,26,27,28). The van der Waals surface area contributed by atoms with E-state index in [0.29, 0.717) is 18.4 Å². The Balaban J connectivity index is 2.25. The van der Waals surface area contributed by atoms with Crippen molar-refractivity contribution in [3.8, 4) is 24.2 Å². The van der Waals surface area contributed by atoms with E-state index in [0.717, 1.165) is 22.3 Å². The van der Waals surface area contributed by atoms with Gasteiger partial charge in [-0.2, -0.15) is 16.8 Å². The number of rotatable bonds is 8. The first kappa shape index (κ1) is 23.7. The van der Waals surface area contributed by atoms with Crippen molar-refractivity contribution in [3.05, 3.63) is 70.3 Å². The van der Waals surface area contributed by atoms with Crippen molar-refractivity contribution in [2.24, 2.45) is 0 Å². The second-order valence-electron chi connectivity index (χ2n) is 6.74. The smallest absolute Gasteiger partial charge is 0.264 e. The second kappa shape index (κ2) is 10.4. The van der Waals surface area contributed by atoms with Gasteiger partial charge >= 0.3 is 0 Å². The first-order valence-corrected chi connectivity index (χ1v) is 12.4. The van der Waals surface area contributed by atoms with E-state index < -0.39 is 20.2 Å². The Morgan fingerprint density at radius 1 is 0.767 bits per heavy atom. The zero-order valence-corrected chi connectivity index (χ0v) is 17.8. The number of hydrogen-bond acceptors (Lipinski definition) is 4. The summed E-state index contributed by atoms with van der Waals surface area (Å²) in [5, 5.41) is 0. The molecular weight excluding hydrogens is 424 g/mol. The fourth-order valence-electron chi connectivity index (χ4n) is 2.81. The van der Waals surface area contributed by atoms with Crippen LogP contribution in [0.3, 0.4) is 0 Å². The Morgan fingerprint density at radius 3 is 1.90 bits per heavy atom. The van der Waals surface area contributed by atoms with Gasteiger partial charge in [-0.05, 0) is 67.1 Å². The van der Waals surface area contributed by atoms with Gasteiger partial charge in [-0.3, -0.25) is 9.11 Å². The fraction of sp³-hybridized carbons (Fsp3) is 0.273. The Bertz CT molecular complexity index is 1190. The molecule has 158 valence electrons. The molecular formula is C22H22O6S2. The fourth-order valence-corrected chi connectivity index (χ4v) is 3.82. The van der Waals surface area contributed by atoms with Crippen LogP contribution >= 0.6 is 0 Å². The van der Waals surface area contributed by atoms with Gasteiger partial charge in [0.2, 0.25) is 0 Å². The highest BCUT2D eigenvalue weighted by atomic mass is 32.2. The van der Waals surface area contributed by atoms with E-state index in [2.05, 4.69) is 17.8 Å². The lowest BCUT2D eigenvalue weighted by Gasteiger charge is -2.08. The molecule has 0 radical (unpaired) electrons. The maximum Gasteiger partial charge on any atom is 0.264 e. The number of terminal acetylenes is 1. The Hall–Kier alpha value is -2.62. The molecule has 0 unspecified atom stereocenters. The minimum Gasteiger partial charge on any atom is -0.286 e. The lowest BCUT2D eigenvalue weighted by Crippen LogP contribution is -2.06. The average Bonchev–Trinajstić information content (AvgIpc) is 2.66. The molecule has 2 N–H and O–H groups in total. The van der Waals surface area contributed by atoms with Gasteiger partial charge in [0.05, 0.1) is 11.5 Å². The van der Waals surface area contributed by atoms with Gasteiger partial charge in [-0.1, -0.05) is 29.9 Å². The van der Waals surface area contributed by atoms with Gasteiger partial charge in [0.25, 0.3) is 20.2 Å². The summed E-state index contributed by atoms with van der Waals surface area (Å²) in [5.74, 6) is 7.99. The lowest BCUT2D eigenvalue weighted by atomic mass is 9.98. The minimum atomic E-state index is -4.04. The maximum absolute atomic E-state index is 11.0. The summed E-state index contributed by atoms with van der Waals surface area (Å²) in [5.41, 5.74) is 3.87. The third kappa shape index (κ3) is 8.81. The van der Waals surface area contributed by atoms with Gasteiger partial charge in [-0.15, -0.1) is 6.42 Å². The van der Waals surface area contributed by atoms with Crippen molar-refractivity contribution in [2.75, 3.05) is 11.5 Å². The molecule has 0 aromatic heterocycles. The molecule has 0 saturated heterocycles. The summed E-state index contributed by atoms with van der Waals surface area (Å²) in [6.07, 6.45) is 6.70. The van der Waals surface area contributed by atoms with E-state index >= 15 is 0 Å². The highest BCUT2D eigenvalue weighted by Gasteiger charge is 2.09. The van der Waals surface area contributed by atoms with E-state index in [4.69, 9.17) is 15.5 Å². The highest BCUT2D eigenvalue weighted by molar-refractivity contribution is 7.86. The normalized spacial score (nSPS) is 11.4. The number of aryl methyl sites for hydroxylation is 2. The van der Waals surface area contributed by atoms with Crippen molar-refractivity contribution < 1.29 is 25.9 Å². The summed E-state index contributed by atoms with van der Waals surface area (Å²) < 4.78 is 61.5. The molecule has 0 aliphatic heterocycles. The summed E-state index contributed by atoms with van der Waals surface area (Å²) in [6, 6.07) is 12.6. The van der Waals surface area contributed by atoms with E-state index in [1.165, 1.54) is 0 Å². The summed E-state index contributed by atoms with van der Waals surface area (Å²) in [7, 11) is -8.05. The van der Waals surface area contributed by atoms with Crippen molar-refractivity contribution in [1.82, 2.24) is 0 Å². The molecule has 0 spiro atoms. The predicted octanol–water partition coefficient (Wildman–Crippen LogP) is 2.71. The van der Waals surface area contributed by atoms with Crippen LogP contribution in [-0.4, -0.2) is 37.4 Å². The lowest BCUT2D eigenvalue weighted by molar-refractivity contribution is 0.478. The minimum absolute atomic E-state index is 0.243. The zero-order valence-electron chi connectivity index (χ0n) is 16.2. The molecule has 0 aliphatic carbocycles. The van der Waals surface area contributed by atoms with Crippen LogP contribution in [0.5, 0.6) is 0 Å². The van der Waals surface area contributed by atoms with E-state index in [9.17, 15) is 16.8 Å². The van der Waals surface area contributed by atoms with Crippen LogP contribution in [0.15, 0.2) is 42.5 Å². The first-order chi connectivity index (χ1) is 14.1. The van der Waals surface area contributed by atoms with Gasteiger partial charge in [0, 0.05) is 16.7 Å². The molecule has 8 heteroatoms. The molecule has 2 aromatic rings. The van der Waals surface area contributed by atoms with Crippen molar-refractivity contribution >= 4 is 20.2 Å². The number of benzene rings is 2. The van der Waals surface area contributed by atoms with Gasteiger partial charge in [-0.25, -0.2) is 0 Å². The van der Waals surface area contributed by atoms with Crippen LogP contribution in [0.25, 0.3) is 0 Å². The molecule has 30 heavy (non-hydrogen) atoms. The Morgan fingerprint density at radius 2 is 1.33 bits per heavy atom. The van der Waals surface area contributed by atoms with Crippen LogP contribution in [0.4, 0.5) is 0 Å². The van der Waals surface area contributed by atoms with E-state index in [1.54, 1.807) is 24.3 Å². The Kier molecular flexibility index (Phi) is 8.22.